The fourth-order valence-corrected chi connectivity index (χ4v) is 4.84. The lowest BCUT2D eigenvalue weighted by molar-refractivity contribution is -0.147. The average molecular weight is 548 g/mol. The molecule has 0 heterocycles. The molecule has 0 aromatic heterocycles. The molecule has 3 rings (SSSR count). The van der Waals surface area contributed by atoms with Crippen LogP contribution in [0.1, 0.15) is 89.0 Å². The molecule has 216 valence electrons. The molecule has 0 radical (unpaired) electrons. The second-order valence-corrected chi connectivity index (χ2v) is 11.5. The fraction of sp³-hybridized carbons (Fsp3) is 0.485. The third-order valence-electron chi connectivity index (χ3n) is 7.06. The topological polar surface area (TPSA) is 87.7 Å². The van der Waals surface area contributed by atoms with Crippen molar-refractivity contribution >= 4 is 24.0 Å². The van der Waals surface area contributed by atoms with E-state index >= 15 is 0 Å². The minimum absolute atomic E-state index is 0.106. The van der Waals surface area contributed by atoms with E-state index in [0.29, 0.717) is 6.54 Å². The number of ether oxygens (including phenoxy) is 1. The van der Waals surface area contributed by atoms with Crippen LogP contribution in [0.15, 0.2) is 61.2 Å². The van der Waals surface area contributed by atoms with Crippen LogP contribution in [0.5, 0.6) is 0 Å². The lowest BCUT2D eigenvalue weighted by Gasteiger charge is -2.43. The van der Waals surface area contributed by atoms with Gasteiger partial charge in [0.15, 0.2) is 0 Å². The first-order valence-electron chi connectivity index (χ1n) is 14.5. The first-order valence-corrected chi connectivity index (χ1v) is 14.5. The number of alkyl carbamates (subject to hydrolysis) is 1. The van der Waals surface area contributed by atoms with E-state index < -0.39 is 23.8 Å². The van der Waals surface area contributed by atoms with Crippen LogP contribution in [0, 0.1) is 0 Å². The number of hydrogen-bond donors (Lipinski definition) is 2. The molecule has 0 saturated heterocycles. The van der Waals surface area contributed by atoms with Crippen LogP contribution in [-0.4, -0.2) is 47.0 Å². The molecule has 40 heavy (non-hydrogen) atoms. The van der Waals surface area contributed by atoms with E-state index in [4.69, 9.17) is 4.74 Å². The zero-order chi connectivity index (χ0) is 29.1. The Balaban J connectivity index is 2.01. The molecule has 0 aliphatic heterocycles. The summed E-state index contributed by atoms with van der Waals surface area (Å²) < 4.78 is 5.52. The van der Waals surface area contributed by atoms with Gasteiger partial charge in [-0.25, -0.2) is 4.79 Å². The Hall–Kier alpha value is -3.61. The van der Waals surface area contributed by atoms with E-state index in [2.05, 4.69) is 24.1 Å². The summed E-state index contributed by atoms with van der Waals surface area (Å²) in [5.41, 5.74) is 1.78. The quantitative estimate of drug-likeness (QED) is 0.293. The second-order valence-electron chi connectivity index (χ2n) is 11.5. The molecule has 3 amide bonds. The van der Waals surface area contributed by atoms with Crippen LogP contribution in [0.25, 0.3) is 6.08 Å². The molecule has 1 saturated carbocycles. The molecule has 7 nitrogen and oxygen atoms in total. The van der Waals surface area contributed by atoms with E-state index in [-0.39, 0.29) is 24.3 Å². The minimum atomic E-state index is -0.907. The zero-order valence-electron chi connectivity index (χ0n) is 24.4. The predicted octanol–water partition coefficient (Wildman–Crippen LogP) is 6.19. The number of unbranched alkanes of at least 4 members (excludes halogenated alkanes) is 2. The lowest BCUT2D eigenvalue weighted by atomic mass is 9.87. The van der Waals surface area contributed by atoms with E-state index in [1.807, 2.05) is 54.6 Å². The highest BCUT2D eigenvalue weighted by molar-refractivity contribution is 5.92. The average Bonchev–Trinajstić information content (AvgIpc) is 2.88. The maximum absolute atomic E-state index is 14.5. The number of carbonyl (C=O) groups excluding carboxylic acids is 3. The molecule has 7 heteroatoms. The summed E-state index contributed by atoms with van der Waals surface area (Å²) in [6.45, 7) is 11.9. The van der Waals surface area contributed by atoms with Gasteiger partial charge in [0.25, 0.3) is 0 Å². The van der Waals surface area contributed by atoms with Crippen molar-refractivity contribution in [2.75, 3.05) is 6.54 Å². The smallest absolute Gasteiger partial charge is 0.408 e. The highest BCUT2D eigenvalue weighted by atomic mass is 16.6. The van der Waals surface area contributed by atoms with E-state index in [1.54, 1.807) is 31.7 Å². The van der Waals surface area contributed by atoms with E-state index in [9.17, 15) is 14.4 Å². The summed E-state index contributed by atoms with van der Waals surface area (Å²) in [7, 11) is 0. The van der Waals surface area contributed by atoms with Gasteiger partial charge in [0, 0.05) is 19.0 Å². The Morgan fingerprint density at radius 3 is 2.40 bits per heavy atom. The van der Waals surface area contributed by atoms with Gasteiger partial charge in [-0.3, -0.25) is 9.59 Å². The normalized spacial score (nSPS) is 14.8. The molecule has 2 N–H and O–H groups in total. The van der Waals surface area contributed by atoms with Crippen molar-refractivity contribution in [1.82, 2.24) is 15.5 Å². The Bertz CT molecular complexity index is 1140. The molecular weight excluding hydrogens is 502 g/mol. The van der Waals surface area contributed by atoms with Crippen LogP contribution >= 0.6 is 0 Å². The van der Waals surface area contributed by atoms with Crippen LogP contribution in [-0.2, 0) is 20.7 Å². The van der Waals surface area contributed by atoms with Gasteiger partial charge < -0.3 is 20.3 Å². The molecule has 2 unspecified atom stereocenters. The van der Waals surface area contributed by atoms with E-state index in [1.165, 1.54) is 0 Å². The molecule has 2 aromatic rings. The molecule has 1 fully saturated rings. The Morgan fingerprint density at radius 1 is 1.07 bits per heavy atom. The summed E-state index contributed by atoms with van der Waals surface area (Å²) in [5, 5.41) is 5.91. The van der Waals surface area contributed by atoms with Gasteiger partial charge in [-0.05, 0) is 69.2 Å². The maximum Gasteiger partial charge on any atom is 0.408 e. The molecule has 1 aliphatic carbocycles. The van der Waals surface area contributed by atoms with Crippen molar-refractivity contribution in [3.63, 3.8) is 0 Å². The summed E-state index contributed by atoms with van der Waals surface area (Å²) >= 11 is 0. The van der Waals surface area contributed by atoms with Gasteiger partial charge in [0.05, 0.1) is 0 Å². The van der Waals surface area contributed by atoms with Crippen LogP contribution in [0.2, 0.25) is 0 Å². The summed E-state index contributed by atoms with van der Waals surface area (Å²) in [4.78, 5) is 43.0. The number of hydrogen-bond acceptors (Lipinski definition) is 4. The Morgan fingerprint density at radius 2 is 1.80 bits per heavy atom. The third kappa shape index (κ3) is 8.97. The highest BCUT2D eigenvalue weighted by Gasteiger charge is 2.42. The van der Waals surface area contributed by atoms with Crippen molar-refractivity contribution < 1.29 is 19.1 Å². The van der Waals surface area contributed by atoms with Crippen molar-refractivity contribution in [2.24, 2.45) is 0 Å². The maximum atomic E-state index is 14.5. The number of nitrogens with zero attached hydrogens (tertiary/aromatic N) is 1. The fourth-order valence-electron chi connectivity index (χ4n) is 4.84. The number of rotatable bonds is 13. The summed E-state index contributed by atoms with van der Waals surface area (Å²) in [6, 6.07) is 15.3. The minimum Gasteiger partial charge on any atom is -0.444 e. The lowest BCUT2D eigenvalue weighted by Crippen LogP contribution is -2.58. The van der Waals surface area contributed by atoms with Gasteiger partial charge in [0.1, 0.15) is 17.7 Å². The number of benzene rings is 2. The first-order chi connectivity index (χ1) is 19.1. The van der Waals surface area contributed by atoms with Crippen molar-refractivity contribution in [2.45, 2.75) is 96.4 Å². The molecule has 0 spiro atoms. The van der Waals surface area contributed by atoms with Gasteiger partial charge in [-0.2, -0.15) is 0 Å². The number of amides is 3. The standard InChI is InChI=1S/C33H45N3O4/c1-6-8-12-21-34-30(37)29(26-18-13-17-24(7-2)22-26)36(27-19-14-20-27)31(38)28(23-25-15-10-9-11-16-25)35-32(39)40-33(3,4)5/h7,9-11,13,15-18,22,27-29H,2,6,8,12,14,19-21,23H2,1,3-5H3,(H,34,37)(H,35,39). The van der Waals surface area contributed by atoms with Crippen molar-refractivity contribution in [3.8, 4) is 0 Å². The molecule has 2 aromatic carbocycles. The second kappa shape index (κ2) is 14.7. The summed E-state index contributed by atoms with van der Waals surface area (Å²) in [6.07, 6.45) is 6.87. The first kappa shape index (κ1) is 30.9. The zero-order valence-corrected chi connectivity index (χ0v) is 24.4. The third-order valence-corrected chi connectivity index (χ3v) is 7.06. The predicted molar refractivity (Wildman–Crippen MR) is 160 cm³/mol. The highest BCUT2D eigenvalue weighted by Crippen LogP contribution is 2.34. The Labute approximate surface area is 239 Å². The largest absolute Gasteiger partial charge is 0.444 e. The van der Waals surface area contributed by atoms with Crippen LogP contribution in [0.4, 0.5) is 4.79 Å². The van der Waals surface area contributed by atoms with Gasteiger partial charge in [0.2, 0.25) is 11.8 Å². The van der Waals surface area contributed by atoms with Crippen LogP contribution < -0.4 is 10.6 Å². The summed E-state index contributed by atoms with van der Waals surface area (Å²) in [5.74, 6) is -0.509. The monoisotopic (exact) mass is 547 g/mol. The number of nitrogens with one attached hydrogen (secondary N) is 2. The van der Waals surface area contributed by atoms with Crippen LogP contribution in [0.3, 0.4) is 0 Å². The molecule has 0 bridgehead atoms. The molecular formula is C33H45N3O4. The van der Waals surface area contributed by atoms with Gasteiger partial charge in [-0.1, -0.05) is 81.0 Å². The number of carbonyl (C=O) groups is 3. The van der Waals surface area contributed by atoms with Crippen molar-refractivity contribution in [3.05, 3.63) is 77.9 Å². The van der Waals surface area contributed by atoms with Gasteiger partial charge >= 0.3 is 6.09 Å². The molecule has 2 atom stereocenters. The van der Waals surface area contributed by atoms with Crippen molar-refractivity contribution in [1.29, 1.82) is 0 Å². The van der Waals surface area contributed by atoms with Gasteiger partial charge in [-0.15, -0.1) is 0 Å². The molecule has 1 aliphatic rings. The SMILES string of the molecule is C=Cc1cccc(C(C(=O)NCCCCC)N(C(=O)C(Cc2ccccc2)NC(=O)OC(C)(C)C)C2CCC2)c1. The Kier molecular flexibility index (Phi) is 11.4. The van der Waals surface area contributed by atoms with E-state index in [0.717, 1.165) is 55.2 Å².